The van der Waals surface area contributed by atoms with Crippen molar-refractivity contribution in [2.75, 3.05) is 0 Å². The lowest BCUT2D eigenvalue weighted by Crippen LogP contribution is -2.15. The minimum Gasteiger partial charge on any atom is -0.261 e. The van der Waals surface area contributed by atoms with Gasteiger partial charge in [0.2, 0.25) is 0 Å². The number of pyridine rings is 1. The topological polar surface area (TPSA) is 12.9 Å². The van der Waals surface area contributed by atoms with Crippen LogP contribution in [0.2, 0.25) is 0 Å². The molecule has 0 aliphatic rings. The normalized spacial score (nSPS) is 14.2. The number of hydrogen-bond acceptors (Lipinski definition) is 1. The van der Waals surface area contributed by atoms with E-state index in [4.69, 9.17) is 0 Å². The van der Waals surface area contributed by atoms with Crippen LogP contribution >= 0.6 is 0 Å². The van der Waals surface area contributed by atoms with Crippen molar-refractivity contribution in [3.8, 4) is 0 Å². The molecule has 0 bridgehead atoms. The second kappa shape index (κ2) is 3.44. The first-order valence-corrected chi connectivity index (χ1v) is 4.51. The van der Waals surface area contributed by atoms with E-state index in [-0.39, 0.29) is 11.2 Å². The van der Waals surface area contributed by atoms with Crippen molar-refractivity contribution in [3.63, 3.8) is 0 Å². The zero-order valence-corrected chi connectivity index (χ0v) is 8.63. The predicted molar refractivity (Wildman–Crippen MR) is 52.1 cm³/mol. The Hall–Kier alpha value is -0.920. The van der Waals surface area contributed by atoms with Gasteiger partial charge in [0.1, 0.15) is 5.82 Å². The Kier molecular flexibility index (Phi) is 2.69. The van der Waals surface area contributed by atoms with E-state index in [0.29, 0.717) is 5.92 Å². The molecule has 1 atom stereocenters. The minimum atomic E-state index is -0.256. The van der Waals surface area contributed by atoms with Gasteiger partial charge >= 0.3 is 0 Å². The zero-order chi connectivity index (χ0) is 10.1. The lowest BCUT2D eigenvalue weighted by atomic mass is 9.78. The third kappa shape index (κ3) is 2.51. The van der Waals surface area contributed by atoms with Gasteiger partial charge in [0.15, 0.2) is 0 Å². The fraction of sp³-hybridized carbons (Fsp3) is 0.545. The maximum absolute atomic E-state index is 12.9. The lowest BCUT2D eigenvalue weighted by molar-refractivity contribution is 0.338. The standard InChI is InChI=1S/C11H16FN/c1-8(11(2,3)4)9-5-10(12)7-13-6-9/h5-8H,1-4H3/t8-/m1/s1. The van der Waals surface area contributed by atoms with Gasteiger partial charge in [-0.3, -0.25) is 4.98 Å². The molecule has 2 heteroatoms. The first-order chi connectivity index (χ1) is 5.91. The molecule has 0 spiro atoms. The number of rotatable bonds is 1. The molecule has 0 saturated carbocycles. The predicted octanol–water partition coefficient (Wildman–Crippen LogP) is 3.37. The number of nitrogens with zero attached hydrogens (tertiary/aromatic N) is 1. The lowest BCUT2D eigenvalue weighted by Gasteiger charge is -2.27. The Morgan fingerprint density at radius 3 is 2.38 bits per heavy atom. The summed E-state index contributed by atoms with van der Waals surface area (Å²) in [7, 11) is 0. The summed E-state index contributed by atoms with van der Waals surface area (Å²) in [5.41, 5.74) is 1.11. The quantitative estimate of drug-likeness (QED) is 0.647. The molecule has 0 aliphatic carbocycles. The number of aromatic nitrogens is 1. The summed E-state index contributed by atoms with van der Waals surface area (Å²) in [5.74, 6) is 0.0595. The molecule has 1 heterocycles. The highest BCUT2D eigenvalue weighted by Crippen LogP contribution is 2.33. The van der Waals surface area contributed by atoms with Gasteiger partial charge in [-0.25, -0.2) is 4.39 Å². The number of hydrogen-bond donors (Lipinski definition) is 0. The van der Waals surface area contributed by atoms with Gasteiger partial charge in [-0.1, -0.05) is 27.7 Å². The van der Waals surface area contributed by atoms with Gasteiger partial charge in [-0.2, -0.15) is 0 Å². The van der Waals surface area contributed by atoms with Gasteiger partial charge in [-0.05, 0) is 23.0 Å². The number of halogens is 1. The van der Waals surface area contributed by atoms with Crippen LogP contribution in [0.4, 0.5) is 4.39 Å². The van der Waals surface area contributed by atoms with E-state index in [1.54, 1.807) is 12.3 Å². The molecule has 0 N–H and O–H groups in total. The van der Waals surface area contributed by atoms with Gasteiger partial charge in [0.05, 0.1) is 6.20 Å². The van der Waals surface area contributed by atoms with Crippen molar-refractivity contribution in [2.45, 2.75) is 33.6 Å². The van der Waals surface area contributed by atoms with Gasteiger partial charge in [-0.15, -0.1) is 0 Å². The highest BCUT2D eigenvalue weighted by Gasteiger charge is 2.21. The summed E-state index contributed by atoms with van der Waals surface area (Å²) in [6.45, 7) is 8.52. The van der Waals surface area contributed by atoms with Crippen LogP contribution in [0.3, 0.4) is 0 Å². The average molecular weight is 181 g/mol. The van der Waals surface area contributed by atoms with Crippen molar-refractivity contribution in [1.82, 2.24) is 4.98 Å². The second-order valence-corrected chi connectivity index (χ2v) is 4.52. The Morgan fingerprint density at radius 1 is 1.31 bits per heavy atom. The molecule has 0 fully saturated rings. The van der Waals surface area contributed by atoms with Crippen LogP contribution in [0.5, 0.6) is 0 Å². The van der Waals surface area contributed by atoms with Gasteiger partial charge < -0.3 is 0 Å². The average Bonchev–Trinajstić information content (AvgIpc) is 2.01. The van der Waals surface area contributed by atoms with Crippen molar-refractivity contribution in [3.05, 3.63) is 29.8 Å². The first kappa shape index (κ1) is 10.2. The smallest absolute Gasteiger partial charge is 0.141 e. The van der Waals surface area contributed by atoms with Crippen LogP contribution in [-0.2, 0) is 0 Å². The molecule has 13 heavy (non-hydrogen) atoms. The molecule has 0 aromatic carbocycles. The highest BCUT2D eigenvalue weighted by molar-refractivity contribution is 5.16. The van der Waals surface area contributed by atoms with E-state index in [2.05, 4.69) is 32.7 Å². The molecule has 1 nitrogen and oxygen atoms in total. The molecule has 1 aromatic heterocycles. The third-order valence-electron chi connectivity index (χ3n) is 2.53. The summed E-state index contributed by atoms with van der Waals surface area (Å²) in [4.78, 5) is 3.84. The summed E-state index contributed by atoms with van der Waals surface area (Å²) in [5, 5.41) is 0. The Balaban J connectivity index is 2.96. The van der Waals surface area contributed by atoms with Crippen molar-refractivity contribution in [1.29, 1.82) is 0 Å². The third-order valence-corrected chi connectivity index (χ3v) is 2.53. The minimum absolute atomic E-state index is 0.148. The van der Waals surface area contributed by atoms with Crippen LogP contribution in [-0.4, -0.2) is 4.98 Å². The first-order valence-electron chi connectivity index (χ1n) is 4.51. The van der Waals surface area contributed by atoms with Crippen LogP contribution in [0.15, 0.2) is 18.5 Å². The Labute approximate surface area is 79.0 Å². The molecule has 0 aliphatic heterocycles. The maximum atomic E-state index is 12.9. The fourth-order valence-corrected chi connectivity index (χ4v) is 1.17. The second-order valence-electron chi connectivity index (χ2n) is 4.52. The van der Waals surface area contributed by atoms with E-state index in [9.17, 15) is 4.39 Å². The van der Waals surface area contributed by atoms with Crippen LogP contribution in [0.1, 0.15) is 39.2 Å². The Morgan fingerprint density at radius 2 is 1.92 bits per heavy atom. The van der Waals surface area contributed by atoms with E-state index < -0.39 is 0 Å². The highest BCUT2D eigenvalue weighted by atomic mass is 19.1. The van der Waals surface area contributed by atoms with Gasteiger partial charge in [0.25, 0.3) is 0 Å². The molecular weight excluding hydrogens is 165 g/mol. The van der Waals surface area contributed by atoms with E-state index in [1.807, 2.05) is 0 Å². The molecule has 1 rings (SSSR count). The van der Waals surface area contributed by atoms with E-state index in [0.717, 1.165) is 5.56 Å². The van der Waals surface area contributed by atoms with E-state index >= 15 is 0 Å². The summed E-state index contributed by atoms with van der Waals surface area (Å²) in [6, 6.07) is 1.56. The molecule has 0 unspecified atom stereocenters. The monoisotopic (exact) mass is 181 g/mol. The van der Waals surface area contributed by atoms with Gasteiger partial charge in [0, 0.05) is 6.20 Å². The molecule has 1 aromatic rings. The van der Waals surface area contributed by atoms with Crippen molar-refractivity contribution < 1.29 is 4.39 Å². The zero-order valence-electron chi connectivity index (χ0n) is 8.63. The summed E-state index contributed by atoms with van der Waals surface area (Å²) in [6.07, 6.45) is 2.97. The maximum Gasteiger partial charge on any atom is 0.141 e. The summed E-state index contributed by atoms with van der Waals surface area (Å²) < 4.78 is 12.9. The van der Waals surface area contributed by atoms with Crippen LogP contribution in [0.25, 0.3) is 0 Å². The van der Waals surface area contributed by atoms with Crippen LogP contribution in [0, 0.1) is 11.2 Å². The van der Waals surface area contributed by atoms with Crippen molar-refractivity contribution >= 4 is 0 Å². The van der Waals surface area contributed by atoms with Crippen LogP contribution < -0.4 is 0 Å². The summed E-state index contributed by atoms with van der Waals surface area (Å²) >= 11 is 0. The molecule has 0 radical (unpaired) electrons. The molecule has 0 saturated heterocycles. The largest absolute Gasteiger partial charge is 0.261 e. The van der Waals surface area contributed by atoms with Crippen molar-refractivity contribution in [2.24, 2.45) is 5.41 Å². The Bertz CT molecular complexity index is 288. The SMILES string of the molecule is C[C@H](c1cncc(F)c1)C(C)(C)C. The van der Waals surface area contributed by atoms with E-state index in [1.165, 1.54) is 6.20 Å². The molecule has 0 amide bonds. The fourth-order valence-electron chi connectivity index (χ4n) is 1.17. The molecular formula is C11H16FN. The molecule has 72 valence electrons.